The van der Waals surface area contributed by atoms with Crippen LogP contribution in [0.15, 0.2) is 109 Å². The number of allylic oxidation sites excluding steroid dienone is 4. The van der Waals surface area contributed by atoms with Crippen LogP contribution < -0.4 is 0 Å². The second kappa shape index (κ2) is 6.73. The van der Waals surface area contributed by atoms with Crippen LogP contribution in [0.3, 0.4) is 0 Å². The van der Waals surface area contributed by atoms with Crippen LogP contribution in [-0.2, 0) is 0 Å². The zero-order valence-electron chi connectivity index (χ0n) is 17.7. The van der Waals surface area contributed by atoms with Crippen molar-refractivity contribution in [1.29, 1.82) is 0 Å². The SMILES string of the molecule is C1=CCCC(n2c3ccccc3c3cc4c5ccccc5n(-c5ccccc5)c4cc32)=C1. The summed E-state index contributed by atoms with van der Waals surface area (Å²) in [6.45, 7) is 0. The summed E-state index contributed by atoms with van der Waals surface area (Å²) in [5, 5.41) is 5.23. The molecule has 2 heterocycles. The van der Waals surface area contributed by atoms with Crippen LogP contribution in [0.4, 0.5) is 0 Å². The fourth-order valence-corrected chi connectivity index (χ4v) is 5.37. The Morgan fingerprint density at radius 2 is 1.16 bits per heavy atom. The van der Waals surface area contributed by atoms with Crippen LogP contribution in [0.25, 0.3) is 55.0 Å². The lowest BCUT2D eigenvalue weighted by atomic mass is 10.1. The Hall–Kier alpha value is -4.04. The van der Waals surface area contributed by atoms with Gasteiger partial charge in [0.15, 0.2) is 0 Å². The standard InChI is InChI=1S/C30H22N2/c1-3-11-21(12-4-1)31-27-17-9-7-15-23(27)25-19-26-24-16-8-10-18-28(24)32(30(26)20-29(25)31)22-13-5-2-6-14-22/h1-5,7-13,15-20H,6,14H2. The van der Waals surface area contributed by atoms with Crippen molar-refractivity contribution in [2.24, 2.45) is 0 Å². The number of para-hydroxylation sites is 3. The maximum absolute atomic E-state index is 2.47. The number of rotatable bonds is 2. The van der Waals surface area contributed by atoms with Gasteiger partial charge in [0.1, 0.15) is 0 Å². The maximum atomic E-state index is 2.47. The summed E-state index contributed by atoms with van der Waals surface area (Å²) in [6, 6.07) is 33.1. The van der Waals surface area contributed by atoms with Gasteiger partial charge in [-0.1, -0.05) is 66.7 Å². The lowest BCUT2D eigenvalue weighted by molar-refractivity contribution is 0.979. The zero-order valence-corrected chi connectivity index (χ0v) is 17.7. The summed E-state index contributed by atoms with van der Waals surface area (Å²) < 4.78 is 4.88. The van der Waals surface area contributed by atoms with E-state index in [0.29, 0.717) is 0 Å². The van der Waals surface area contributed by atoms with E-state index in [1.54, 1.807) is 0 Å². The van der Waals surface area contributed by atoms with Gasteiger partial charge >= 0.3 is 0 Å². The molecular formula is C30H22N2. The minimum Gasteiger partial charge on any atom is -0.313 e. The van der Waals surface area contributed by atoms with Gasteiger partial charge in [-0.2, -0.15) is 0 Å². The van der Waals surface area contributed by atoms with Crippen molar-refractivity contribution in [3.8, 4) is 5.69 Å². The Morgan fingerprint density at radius 1 is 0.531 bits per heavy atom. The van der Waals surface area contributed by atoms with Gasteiger partial charge in [-0.05, 0) is 55.3 Å². The van der Waals surface area contributed by atoms with E-state index in [4.69, 9.17) is 0 Å². The number of fused-ring (bicyclic) bond motifs is 6. The highest BCUT2D eigenvalue weighted by Crippen LogP contribution is 2.40. The third-order valence-electron chi connectivity index (χ3n) is 6.76. The molecule has 0 atom stereocenters. The summed E-state index contributed by atoms with van der Waals surface area (Å²) in [6.07, 6.45) is 8.87. The zero-order chi connectivity index (χ0) is 21.1. The summed E-state index contributed by atoms with van der Waals surface area (Å²) >= 11 is 0. The molecule has 0 saturated heterocycles. The highest BCUT2D eigenvalue weighted by Gasteiger charge is 2.18. The molecule has 2 aromatic heterocycles. The molecule has 0 spiro atoms. The van der Waals surface area contributed by atoms with E-state index in [2.05, 4.69) is 118 Å². The fraction of sp³-hybridized carbons (Fsp3) is 0.0667. The van der Waals surface area contributed by atoms with Gasteiger partial charge in [-0.3, -0.25) is 0 Å². The molecule has 0 aliphatic heterocycles. The quantitative estimate of drug-likeness (QED) is 0.273. The van der Waals surface area contributed by atoms with E-state index in [0.717, 1.165) is 12.8 Å². The molecule has 2 heteroatoms. The van der Waals surface area contributed by atoms with Gasteiger partial charge in [0.05, 0.1) is 22.1 Å². The third kappa shape index (κ3) is 2.41. The maximum Gasteiger partial charge on any atom is 0.0562 e. The van der Waals surface area contributed by atoms with Crippen LogP contribution in [-0.4, -0.2) is 9.13 Å². The van der Waals surface area contributed by atoms with Gasteiger partial charge in [0.2, 0.25) is 0 Å². The second-order valence-electron chi connectivity index (χ2n) is 8.55. The minimum absolute atomic E-state index is 1.06. The highest BCUT2D eigenvalue weighted by molar-refractivity contribution is 6.19. The van der Waals surface area contributed by atoms with Gasteiger partial charge in [-0.25, -0.2) is 0 Å². The first-order valence-corrected chi connectivity index (χ1v) is 11.3. The monoisotopic (exact) mass is 410 g/mol. The van der Waals surface area contributed by atoms with Crippen molar-refractivity contribution in [1.82, 2.24) is 9.13 Å². The van der Waals surface area contributed by atoms with Crippen LogP contribution >= 0.6 is 0 Å². The molecule has 0 bridgehead atoms. The molecule has 7 rings (SSSR count). The minimum atomic E-state index is 1.06. The van der Waals surface area contributed by atoms with Gasteiger partial charge in [-0.15, -0.1) is 0 Å². The Kier molecular flexibility index (Phi) is 3.71. The molecule has 0 N–H and O–H groups in total. The Balaban J connectivity index is 1.69. The van der Waals surface area contributed by atoms with Crippen LogP contribution in [0.5, 0.6) is 0 Å². The molecule has 1 aliphatic rings. The average molecular weight is 411 g/mol. The van der Waals surface area contributed by atoms with Crippen molar-refractivity contribution >= 4 is 49.3 Å². The van der Waals surface area contributed by atoms with E-state index < -0.39 is 0 Å². The second-order valence-corrected chi connectivity index (χ2v) is 8.55. The Labute approximate surface area is 186 Å². The summed E-state index contributed by atoms with van der Waals surface area (Å²) in [5.74, 6) is 0. The molecule has 2 nitrogen and oxygen atoms in total. The topological polar surface area (TPSA) is 9.86 Å². The molecule has 32 heavy (non-hydrogen) atoms. The van der Waals surface area contributed by atoms with Crippen LogP contribution in [0.2, 0.25) is 0 Å². The number of aromatic nitrogens is 2. The lowest BCUT2D eigenvalue weighted by Crippen LogP contribution is -1.99. The molecule has 0 amide bonds. The van der Waals surface area contributed by atoms with E-state index >= 15 is 0 Å². The van der Waals surface area contributed by atoms with Crippen LogP contribution in [0, 0.1) is 0 Å². The lowest BCUT2D eigenvalue weighted by Gasteiger charge is -2.14. The van der Waals surface area contributed by atoms with Crippen LogP contribution in [0.1, 0.15) is 12.8 Å². The van der Waals surface area contributed by atoms with E-state index in [9.17, 15) is 0 Å². The number of nitrogens with zero attached hydrogens (tertiary/aromatic N) is 2. The molecule has 0 saturated carbocycles. The molecule has 4 aromatic carbocycles. The number of hydrogen-bond donors (Lipinski definition) is 0. The van der Waals surface area contributed by atoms with Crippen molar-refractivity contribution in [3.63, 3.8) is 0 Å². The van der Waals surface area contributed by atoms with Gasteiger partial charge in [0, 0.05) is 32.9 Å². The van der Waals surface area contributed by atoms with E-state index in [1.165, 1.54) is 55.0 Å². The number of hydrogen-bond acceptors (Lipinski definition) is 0. The van der Waals surface area contributed by atoms with E-state index in [-0.39, 0.29) is 0 Å². The molecule has 0 unspecified atom stereocenters. The molecule has 6 aromatic rings. The van der Waals surface area contributed by atoms with Crippen molar-refractivity contribution in [2.75, 3.05) is 0 Å². The largest absolute Gasteiger partial charge is 0.313 e. The molecule has 0 radical (unpaired) electrons. The smallest absolute Gasteiger partial charge is 0.0562 e. The average Bonchev–Trinajstić information content (AvgIpc) is 3.36. The molecular weight excluding hydrogens is 388 g/mol. The van der Waals surface area contributed by atoms with Crippen molar-refractivity contribution in [2.45, 2.75) is 12.8 Å². The predicted molar refractivity (Wildman–Crippen MR) is 136 cm³/mol. The Bertz CT molecular complexity index is 1710. The van der Waals surface area contributed by atoms with Crippen molar-refractivity contribution in [3.05, 3.63) is 109 Å². The first kappa shape index (κ1) is 17.6. The Morgan fingerprint density at radius 3 is 1.84 bits per heavy atom. The van der Waals surface area contributed by atoms with Crippen molar-refractivity contribution < 1.29 is 0 Å². The predicted octanol–water partition coefficient (Wildman–Crippen LogP) is 8.08. The molecule has 152 valence electrons. The molecule has 1 aliphatic carbocycles. The first-order chi connectivity index (χ1) is 15.9. The third-order valence-corrected chi connectivity index (χ3v) is 6.76. The molecule has 0 fully saturated rings. The highest BCUT2D eigenvalue weighted by atomic mass is 15.0. The summed E-state index contributed by atoms with van der Waals surface area (Å²) in [4.78, 5) is 0. The van der Waals surface area contributed by atoms with E-state index in [1.807, 2.05) is 0 Å². The van der Waals surface area contributed by atoms with Gasteiger partial charge < -0.3 is 9.13 Å². The first-order valence-electron chi connectivity index (χ1n) is 11.3. The normalized spacial score (nSPS) is 14.1. The number of benzene rings is 4. The summed E-state index contributed by atoms with van der Waals surface area (Å²) in [7, 11) is 0. The fourth-order valence-electron chi connectivity index (χ4n) is 5.37. The van der Waals surface area contributed by atoms with Gasteiger partial charge in [0.25, 0.3) is 0 Å². The summed E-state index contributed by atoms with van der Waals surface area (Å²) in [5.41, 5.74) is 7.62.